The van der Waals surface area contributed by atoms with E-state index < -0.39 is 12.0 Å². The van der Waals surface area contributed by atoms with E-state index in [1.54, 1.807) is 0 Å². The lowest BCUT2D eigenvalue weighted by Crippen LogP contribution is -2.20. The Balaban J connectivity index is 2.45. The summed E-state index contributed by atoms with van der Waals surface area (Å²) in [7, 11) is 0. The van der Waals surface area contributed by atoms with Crippen molar-refractivity contribution in [3.8, 4) is 0 Å². The Morgan fingerprint density at radius 2 is 1.53 bits per heavy atom. The van der Waals surface area contributed by atoms with Crippen molar-refractivity contribution in [3.05, 3.63) is 60.2 Å². The van der Waals surface area contributed by atoms with Gasteiger partial charge in [0.1, 0.15) is 6.04 Å². The van der Waals surface area contributed by atoms with Crippen LogP contribution in [0.4, 0.5) is 0 Å². The van der Waals surface area contributed by atoms with Crippen LogP contribution in [-0.2, 0) is 4.79 Å². The molecule has 0 bridgehead atoms. The molecule has 3 N–H and O–H groups in total. The molecule has 0 aliphatic heterocycles. The van der Waals surface area contributed by atoms with Gasteiger partial charge < -0.3 is 10.8 Å². The Hall–Kier alpha value is -2.39. The minimum Gasteiger partial charge on any atom is -0.480 e. The molecule has 0 aromatic heterocycles. The molecule has 3 heteroatoms. The first-order valence-corrected chi connectivity index (χ1v) is 6.07. The fourth-order valence-corrected chi connectivity index (χ4v) is 2.47. The Morgan fingerprint density at radius 1 is 0.947 bits per heavy atom. The Bertz CT molecular complexity index is 780. The van der Waals surface area contributed by atoms with Crippen LogP contribution >= 0.6 is 0 Å². The number of hydrogen-bond acceptors (Lipinski definition) is 2. The van der Waals surface area contributed by atoms with Crippen molar-refractivity contribution in [1.82, 2.24) is 0 Å². The van der Waals surface area contributed by atoms with Gasteiger partial charge in [0.2, 0.25) is 0 Å². The van der Waals surface area contributed by atoms with Crippen LogP contribution in [0.15, 0.2) is 54.6 Å². The van der Waals surface area contributed by atoms with E-state index in [1.165, 1.54) is 0 Å². The van der Waals surface area contributed by atoms with Crippen LogP contribution < -0.4 is 5.73 Å². The number of aliphatic carboxylic acids is 1. The molecule has 0 saturated carbocycles. The SMILES string of the molecule is N[C@H](C(=O)O)c1cc2ccccc2c2ccccc12. The lowest BCUT2D eigenvalue weighted by atomic mass is 9.94. The average Bonchev–Trinajstić information content (AvgIpc) is 2.45. The van der Waals surface area contributed by atoms with Crippen molar-refractivity contribution in [2.45, 2.75) is 6.04 Å². The Kier molecular flexibility index (Phi) is 2.69. The summed E-state index contributed by atoms with van der Waals surface area (Å²) in [5.74, 6) is -1.01. The molecule has 0 unspecified atom stereocenters. The van der Waals surface area contributed by atoms with Crippen LogP contribution in [0.25, 0.3) is 21.5 Å². The predicted octanol–water partition coefficient (Wildman–Crippen LogP) is 3.08. The van der Waals surface area contributed by atoms with Gasteiger partial charge in [-0.15, -0.1) is 0 Å². The highest BCUT2D eigenvalue weighted by Gasteiger charge is 2.18. The fraction of sp³-hybridized carbons (Fsp3) is 0.0625. The number of fused-ring (bicyclic) bond motifs is 3. The van der Waals surface area contributed by atoms with E-state index in [-0.39, 0.29) is 0 Å². The molecule has 0 amide bonds. The standard InChI is InChI=1S/C16H13NO2/c17-15(16(18)19)14-9-10-5-1-2-6-11(10)12-7-3-4-8-13(12)14/h1-9,15H,17H2,(H,18,19)/t15-/m0/s1. The lowest BCUT2D eigenvalue weighted by Gasteiger charge is -2.13. The number of nitrogens with two attached hydrogens (primary N) is 1. The van der Waals surface area contributed by atoms with Gasteiger partial charge in [0.15, 0.2) is 0 Å². The summed E-state index contributed by atoms with van der Waals surface area (Å²) < 4.78 is 0. The molecule has 0 aliphatic rings. The average molecular weight is 251 g/mol. The zero-order valence-electron chi connectivity index (χ0n) is 10.2. The third-order valence-electron chi connectivity index (χ3n) is 3.40. The predicted molar refractivity (Wildman–Crippen MR) is 76.0 cm³/mol. The quantitative estimate of drug-likeness (QED) is 0.688. The summed E-state index contributed by atoms with van der Waals surface area (Å²) in [5.41, 5.74) is 6.45. The molecule has 0 aliphatic carbocycles. The van der Waals surface area contributed by atoms with Crippen molar-refractivity contribution in [2.75, 3.05) is 0 Å². The normalized spacial score (nSPS) is 12.7. The second kappa shape index (κ2) is 4.37. The zero-order valence-corrected chi connectivity index (χ0v) is 10.2. The van der Waals surface area contributed by atoms with E-state index in [2.05, 4.69) is 0 Å². The van der Waals surface area contributed by atoms with Crippen LogP contribution in [0.5, 0.6) is 0 Å². The van der Waals surface area contributed by atoms with Crippen molar-refractivity contribution < 1.29 is 9.90 Å². The van der Waals surface area contributed by atoms with Crippen molar-refractivity contribution in [1.29, 1.82) is 0 Å². The second-order valence-electron chi connectivity index (χ2n) is 4.55. The highest BCUT2D eigenvalue weighted by Crippen LogP contribution is 2.31. The highest BCUT2D eigenvalue weighted by molar-refractivity contribution is 6.09. The van der Waals surface area contributed by atoms with E-state index in [0.717, 1.165) is 21.5 Å². The zero-order chi connectivity index (χ0) is 13.4. The van der Waals surface area contributed by atoms with Crippen molar-refractivity contribution >= 4 is 27.5 Å². The van der Waals surface area contributed by atoms with Crippen LogP contribution in [0.1, 0.15) is 11.6 Å². The van der Waals surface area contributed by atoms with Gasteiger partial charge in [-0.1, -0.05) is 48.5 Å². The molecule has 19 heavy (non-hydrogen) atoms. The van der Waals surface area contributed by atoms with Gasteiger partial charge in [-0.2, -0.15) is 0 Å². The summed E-state index contributed by atoms with van der Waals surface area (Å²) in [6.07, 6.45) is 0. The third-order valence-corrected chi connectivity index (χ3v) is 3.40. The van der Waals surface area contributed by atoms with Gasteiger partial charge in [-0.3, -0.25) is 4.79 Å². The molecule has 0 radical (unpaired) electrons. The second-order valence-corrected chi connectivity index (χ2v) is 4.55. The van der Waals surface area contributed by atoms with Crippen LogP contribution in [0, 0.1) is 0 Å². The maximum atomic E-state index is 11.2. The van der Waals surface area contributed by atoms with Crippen molar-refractivity contribution in [3.63, 3.8) is 0 Å². The highest BCUT2D eigenvalue weighted by atomic mass is 16.4. The summed E-state index contributed by atoms with van der Waals surface area (Å²) in [4.78, 5) is 11.2. The third kappa shape index (κ3) is 1.84. The maximum absolute atomic E-state index is 11.2. The van der Waals surface area contributed by atoms with Gasteiger partial charge in [-0.05, 0) is 33.2 Å². The topological polar surface area (TPSA) is 63.3 Å². The number of hydrogen-bond donors (Lipinski definition) is 2. The molecule has 0 heterocycles. The van der Waals surface area contributed by atoms with Gasteiger partial charge in [0, 0.05) is 0 Å². The monoisotopic (exact) mass is 251 g/mol. The van der Waals surface area contributed by atoms with E-state index >= 15 is 0 Å². The van der Waals surface area contributed by atoms with Gasteiger partial charge >= 0.3 is 5.97 Å². The number of carbonyl (C=O) groups is 1. The number of rotatable bonds is 2. The van der Waals surface area contributed by atoms with Gasteiger partial charge in [0.05, 0.1) is 0 Å². The molecule has 94 valence electrons. The molecule has 0 spiro atoms. The summed E-state index contributed by atoms with van der Waals surface area (Å²) in [6, 6.07) is 16.5. The fourth-order valence-electron chi connectivity index (χ4n) is 2.47. The van der Waals surface area contributed by atoms with Crippen LogP contribution in [0.2, 0.25) is 0 Å². The van der Waals surface area contributed by atoms with E-state index in [4.69, 9.17) is 10.8 Å². The number of benzene rings is 3. The minimum absolute atomic E-state index is 0.654. The van der Waals surface area contributed by atoms with Crippen LogP contribution in [-0.4, -0.2) is 11.1 Å². The van der Waals surface area contributed by atoms with E-state index in [1.807, 2.05) is 54.6 Å². The van der Waals surface area contributed by atoms with Crippen molar-refractivity contribution in [2.24, 2.45) is 5.73 Å². The molecular weight excluding hydrogens is 238 g/mol. The summed E-state index contributed by atoms with van der Waals surface area (Å²) in [5, 5.41) is 13.2. The van der Waals surface area contributed by atoms with Crippen LogP contribution in [0.3, 0.4) is 0 Å². The number of carboxylic acids is 1. The Labute approximate surface area is 110 Å². The minimum atomic E-state index is -1.01. The van der Waals surface area contributed by atoms with E-state index in [9.17, 15) is 4.79 Å². The molecule has 1 atom stereocenters. The maximum Gasteiger partial charge on any atom is 0.325 e. The molecule has 3 aromatic rings. The largest absolute Gasteiger partial charge is 0.480 e. The van der Waals surface area contributed by atoms with E-state index in [0.29, 0.717) is 5.56 Å². The lowest BCUT2D eigenvalue weighted by molar-refractivity contribution is -0.138. The molecular formula is C16H13NO2. The van der Waals surface area contributed by atoms with Gasteiger partial charge in [-0.25, -0.2) is 0 Å². The molecule has 3 rings (SSSR count). The first-order chi connectivity index (χ1) is 9.18. The number of carboxylic acid groups (broad SMARTS) is 1. The van der Waals surface area contributed by atoms with Gasteiger partial charge in [0.25, 0.3) is 0 Å². The summed E-state index contributed by atoms with van der Waals surface area (Å²) in [6.45, 7) is 0. The first kappa shape index (κ1) is 11.7. The molecule has 3 aromatic carbocycles. The summed E-state index contributed by atoms with van der Waals surface area (Å²) >= 11 is 0. The first-order valence-electron chi connectivity index (χ1n) is 6.07. The molecule has 3 nitrogen and oxygen atoms in total. The molecule has 0 fully saturated rings. The Morgan fingerprint density at radius 3 is 2.21 bits per heavy atom. The molecule has 0 saturated heterocycles. The smallest absolute Gasteiger partial charge is 0.325 e.